The molecule has 0 aliphatic carbocycles. The van der Waals surface area contributed by atoms with Gasteiger partial charge in [0.05, 0.1) is 18.4 Å². The van der Waals surface area contributed by atoms with Crippen LogP contribution in [0.5, 0.6) is 5.75 Å². The Bertz CT molecular complexity index is 1350. The first-order valence-corrected chi connectivity index (χ1v) is 10.6. The average Bonchev–Trinajstić information content (AvgIpc) is 3.45. The van der Waals surface area contributed by atoms with Crippen molar-refractivity contribution in [3.63, 3.8) is 0 Å². The molecule has 0 saturated carbocycles. The fourth-order valence-corrected chi connectivity index (χ4v) is 3.96. The Balaban J connectivity index is 1.59. The third-order valence-corrected chi connectivity index (χ3v) is 5.52. The second-order valence-electron chi connectivity index (χ2n) is 7.74. The van der Waals surface area contributed by atoms with E-state index in [2.05, 4.69) is 15.6 Å². The van der Waals surface area contributed by atoms with Crippen molar-refractivity contribution in [3.05, 3.63) is 89.5 Å². The van der Waals surface area contributed by atoms with Crippen LogP contribution in [0.4, 0.5) is 11.6 Å². The molecule has 166 valence electrons. The first kappa shape index (κ1) is 20.6. The number of amides is 1. The predicted octanol–water partition coefficient (Wildman–Crippen LogP) is 4.78. The quantitative estimate of drug-likeness (QED) is 0.463. The third kappa shape index (κ3) is 3.76. The minimum Gasteiger partial charge on any atom is -0.495 e. The lowest BCUT2D eigenvalue weighted by Crippen LogP contribution is -2.31. The first-order valence-electron chi connectivity index (χ1n) is 10.6. The summed E-state index contributed by atoms with van der Waals surface area (Å²) in [6.45, 7) is 3.72. The molecule has 8 heteroatoms. The van der Waals surface area contributed by atoms with Crippen LogP contribution in [0.1, 0.15) is 24.5 Å². The smallest absolute Gasteiger partial charge is 0.256 e. The Morgan fingerprint density at radius 1 is 1.06 bits per heavy atom. The highest BCUT2D eigenvalue weighted by atomic mass is 16.5. The molecule has 0 spiro atoms. The maximum absolute atomic E-state index is 13.6. The predicted molar refractivity (Wildman–Crippen MR) is 125 cm³/mol. The number of methoxy groups -OCH3 is 1. The van der Waals surface area contributed by atoms with Crippen LogP contribution >= 0.6 is 0 Å². The van der Waals surface area contributed by atoms with E-state index in [-0.39, 0.29) is 5.91 Å². The maximum Gasteiger partial charge on any atom is 0.256 e. The van der Waals surface area contributed by atoms with Crippen LogP contribution in [-0.4, -0.2) is 27.8 Å². The van der Waals surface area contributed by atoms with Crippen molar-refractivity contribution in [2.45, 2.75) is 19.9 Å². The zero-order valence-corrected chi connectivity index (χ0v) is 18.5. The minimum absolute atomic E-state index is 0.286. The van der Waals surface area contributed by atoms with E-state index in [0.717, 1.165) is 11.3 Å². The number of carbonyl (C=O) groups excluding carboxylic acids is 1. The van der Waals surface area contributed by atoms with Crippen LogP contribution in [0.3, 0.4) is 0 Å². The number of nitrogens with one attached hydrogen (secondary N) is 2. The van der Waals surface area contributed by atoms with E-state index < -0.39 is 6.04 Å². The van der Waals surface area contributed by atoms with E-state index in [4.69, 9.17) is 14.3 Å². The van der Waals surface area contributed by atoms with Gasteiger partial charge in [-0.05, 0) is 38.1 Å². The molecular weight excluding hydrogens is 418 g/mol. The fourth-order valence-electron chi connectivity index (χ4n) is 3.96. The summed E-state index contributed by atoms with van der Waals surface area (Å²) < 4.78 is 13.1. The highest BCUT2D eigenvalue weighted by molar-refractivity contribution is 6.06. The zero-order valence-electron chi connectivity index (χ0n) is 18.5. The summed E-state index contributed by atoms with van der Waals surface area (Å²) in [7, 11) is 1.57. The number of fused-ring (bicyclic) bond motifs is 1. The Kier molecular flexibility index (Phi) is 5.18. The molecule has 33 heavy (non-hydrogen) atoms. The molecule has 4 aromatic rings. The lowest BCUT2D eigenvalue weighted by atomic mass is 10.00. The maximum atomic E-state index is 13.6. The molecule has 0 bridgehead atoms. The van der Waals surface area contributed by atoms with Gasteiger partial charge < -0.3 is 19.8 Å². The van der Waals surface area contributed by atoms with Crippen molar-refractivity contribution in [2.75, 3.05) is 17.7 Å². The van der Waals surface area contributed by atoms with Crippen LogP contribution in [0.25, 0.3) is 11.4 Å². The molecule has 2 aromatic carbocycles. The molecule has 1 amide bonds. The number of hydrogen-bond donors (Lipinski definition) is 2. The molecule has 0 unspecified atom stereocenters. The van der Waals surface area contributed by atoms with Gasteiger partial charge in [0.25, 0.3) is 5.91 Å². The zero-order chi connectivity index (χ0) is 22.9. The lowest BCUT2D eigenvalue weighted by Gasteiger charge is -2.27. The topological polar surface area (TPSA) is 94.2 Å². The van der Waals surface area contributed by atoms with E-state index in [0.29, 0.717) is 40.2 Å². The molecule has 2 N–H and O–H groups in total. The fraction of sp³-hybridized carbons (Fsp3) is 0.160. The number of allylic oxidation sites excluding steroid dienone is 1. The Hall–Kier alpha value is -4.33. The van der Waals surface area contributed by atoms with E-state index in [9.17, 15) is 4.79 Å². The van der Waals surface area contributed by atoms with Crippen LogP contribution < -0.4 is 15.4 Å². The molecule has 1 aliphatic rings. The van der Waals surface area contributed by atoms with Gasteiger partial charge in [-0.15, -0.1) is 5.10 Å². The lowest BCUT2D eigenvalue weighted by molar-refractivity contribution is -0.113. The van der Waals surface area contributed by atoms with Crippen molar-refractivity contribution in [2.24, 2.45) is 0 Å². The Morgan fingerprint density at radius 3 is 2.55 bits per heavy atom. The molecule has 0 fully saturated rings. The van der Waals surface area contributed by atoms with E-state index in [1.807, 2.05) is 68.4 Å². The molecule has 5 rings (SSSR count). The number of anilines is 2. The Labute approximate surface area is 190 Å². The summed E-state index contributed by atoms with van der Waals surface area (Å²) >= 11 is 0. The summed E-state index contributed by atoms with van der Waals surface area (Å²) in [6.07, 6.45) is 0. The van der Waals surface area contributed by atoms with Crippen LogP contribution in [-0.2, 0) is 4.79 Å². The van der Waals surface area contributed by atoms with Crippen molar-refractivity contribution >= 4 is 17.5 Å². The number of benzene rings is 2. The van der Waals surface area contributed by atoms with Crippen molar-refractivity contribution < 1.29 is 13.9 Å². The van der Waals surface area contributed by atoms with Crippen molar-refractivity contribution in [1.82, 2.24) is 14.8 Å². The standard InChI is InChI=1S/C25H23N5O3/c1-15-13-14-20(33-15)22-21(24(31)27-18-11-7-8-12-19(18)32-3)16(2)26-25-28-23(29-30(22)25)17-9-5-4-6-10-17/h4-14,22H,1-3H3,(H,27,31)(H,26,28,29)/t22-/m1/s1. The number of para-hydroxylation sites is 2. The van der Waals surface area contributed by atoms with Gasteiger partial charge in [-0.2, -0.15) is 4.98 Å². The number of aryl methyl sites for hydroxylation is 1. The van der Waals surface area contributed by atoms with Gasteiger partial charge in [0.15, 0.2) is 5.82 Å². The molecule has 3 heterocycles. The van der Waals surface area contributed by atoms with Crippen molar-refractivity contribution in [1.29, 1.82) is 0 Å². The highest BCUT2D eigenvalue weighted by Gasteiger charge is 2.36. The number of rotatable bonds is 5. The van der Waals surface area contributed by atoms with Gasteiger partial charge in [0.2, 0.25) is 5.95 Å². The third-order valence-electron chi connectivity index (χ3n) is 5.52. The summed E-state index contributed by atoms with van der Waals surface area (Å²) in [5.41, 5.74) is 2.61. The SMILES string of the molecule is COc1ccccc1NC(=O)C1=C(C)Nc2nc(-c3ccccc3)nn2[C@@H]1c1ccc(C)o1. The Morgan fingerprint density at radius 2 is 1.82 bits per heavy atom. The number of nitrogens with zero attached hydrogens (tertiary/aromatic N) is 3. The number of aromatic nitrogens is 3. The normalized spacial score (nSPS) is 15.1. The number of ether oxygens (including phenoxy) is 1. The van der Waals surface area contributed by atoms with Gasteiger partial charge in [-0.1, -0.05) is 42.5 Å². The van der Waals surface area contributed by atoms with Gasteiger partial charge in [0, 0.05) is 11.3 Å². The van der Waals surface area contributed by atoms with E-state index in [1.54, 1.807) is 23.9 Å². The van der Waals surface area contributed by atoms with Crippen LogP contribution in [0, 0.1) is 6.92 Å². The molecule has 1 aliphatic heterocycles. The first-order chi connectivity index (χ1) is 16.0. The monoisotopic (exact) mass is 441 g/mol. The second-order valence-corrected chi connectivity index (χ2v) is 7.74. The van der Waals surface area contributed by atoms with Crippen molar-refractivity contribution in [3.8, 4) is 17.1 Å². The van der Waals surface area contributed by atoms with Crippen LogP contribution in [0.15, 0.2) is 82.4 Å². The largest absolute Gasteiger partial charge is 0.495 e. The number of furan rings is 1. The number of carbonyl (C=O) groups is 1. The van der Waals surface area contributed by atoms with Gasteiger partial charge >= 0.3 is 0 Å². The summed E-state index contributed by atoms with van der Waals surface area (Å²) in [6, 6.07) is 20.1. The minimum atomic E-state index is -0.588. The summed E-state index contributed by atoms with van der Waals surface area (Å²) in [5, 5.41) is 10.9. The molecule has 8 nitrogen and oxygen atoms in total. The molecular formula is C25H23N5O3. The van der Waals surface area contributed by atoms with Crippen LogP contribution in [0.2, 0.25) is 0 Å². The summed E-state index contributed by atoms with van der Waals surface area (Å²) in [5.74, 6) is 2.74. The van der Waals surface area contributed by atoms with E-state index in [1.165, 1.54) is 0 Å². The average molecular weight is 441 g/mol. The van der Waals surface area contributed by atoms with Gasteiger partial charge in [-0.3, -0.25) is 4.79 Å². The molecule has 0 radical (unpaired) electrons. The molecule has 2 aromatic heterocycles. The molecule has 1 atom stereocenters. The van der Waals surface area contributed by atoms with Gasteiger partial charge in [0.1, 0.15) is 23.3 Å². The molecule has 0 saturated heterocycles. The van der Waals surface area contributed by atoms with E-state index >= 15 is 0 Å². The van der Waals surface area contributed by atoms with Gasteiger partial charge in [-0.25, -0.2) is 4.68 Å². The summed E-state index contributed by atoms with van der Waals surface area (Å²) in [4.78, 5) is 18.2. The second kappa shape index (κ2) is 8.31. The number of hydrogen-bond acceptors (Lipinski definition) is 6. The highest BCUT2D eigenvalue weighted by Crippen LogP contribution is 2.38.